The highest BCUT2D eigenvalue weighted by atomic mass is 16.2. The monoisotopic (exact) mass is 384 g/mol. The number of anilines is 1. The Kier molecular flexibility index (Phi) is 4.05. The number of hydrogen-bond donors (Lipinski definition) is 3. The number of primary amides is 1. The van der Waals surface area contributed by atoms with E-state index in [2.05, 4.69) is 16.4 Å². The number of hydrogen-bond acceptors (Lipinski definition) is 3. The number of carbonyl (C=O) groups is 2. The van der Waals surface area contributed by atoms with Crippen molar-refractivity contribution < 1.29 is 9.59 Å². The molecule has 0 fully saturated rings. The molecule has 0 atom stereocenters. The Bertz CT molecular complexity index is 1270. The number of fused-ring (bicyclic) bond motifs is 5. The van der Waals surface area contributed by atoms with Gasteiger partial charge in [-0.25, -0.2) is 9.78 Å². The standard InChI is InChI=1S/C23H20N4O2/c24-23(29)25-14-11-9-13(10-12-14)22(28)21-20-19(15-5-1-3-7-17(15)26-20)16-6-2-4-8-18(16)27-21/h1,3,5,7,9-12,26H,2,4,6,8H2,(H3,24,25,29). The molecular weight excluding hydrogens is 364 g/mol. The molecular formula is C23H20N4O2. The summed E-state index contributed by atoms with van der Waals surface area (Å²) in [5.41, 5.74) is 10.8. The van der Waals surface area contributed by atoms with Crippen LogP contribution in [0.2, 0.25) is 0 Å². The van der Waals surface area contributed by atoms with Crippen molar-refractivity contribution in [3.8, 4) is 0 Å². The maximum absolute atomic E-state index is 13.4. The minimum Gasteiger partial charge on any atom is -0.353 e. The van der Waals surface area contributed by atoms with E-state index in [4.69, 9.17) is 10.7 Å². The lowest BCUT2D eigenvalue weighted by Crippen LogP contribution is -2.19. The number of para-hydroxylation sites is 1. The van der Waals surface area contributed by atoms with E-state index in [1.54, 1.807) is 24.3 Å². The van der Waals surface area contributed by atoms with Gasteiger partial charge in [-0.15, -0.1) is 0 Å². The van der Waals surface area contributed by atoms with Gasteiger partial charge in [-0.05, 0) is 61.6 Å². The Labute approximate surface area is 167 Å². The van der Waals surface area contributed by atoms with E-state index in [0.717, 1.165) is 53.2 Å². The normalized spacial score (nSPS) is 13.4. The molecule has 0 saturated heterocycles. The van der Waals surface area contributed by atoms with E-state index < -0.39 is 6.03 Å². The first-order chi connectivity index (χ1) is 14.1. The molecule has 1 aliphatic rings. The van der Waals surface area contributed by atoms with Crippen LogP contribution in [0.25, 0.3) is 21.8 Å². The number of aryl methyl sites for hydroxylation is 2. The summed E-state index contributed by atoms with van der Waals surface area (Å²) in [5, 5.41) is 4.77. The minimum absolute atomic E-state index is 0.138. The van der Waals surface area contributed by atoms with Crippen molar-refractivity contribution in [2.45, 2.75) is 25.7 Å². The largest absolute Gasteiger partial charge is 0.353 e. The van der Waals surface area contributed by atoms with Crippen LogP contribution in [0.3, 0.4) is 0 Å². The molecule has 1 aliphatic carbocycles. The second-order valence-corrected chi connectivity index (χ2v) is 7.41. The first-order valence-electron chi connectivity index (χ1n) is 9.75. The van der Waals surface area contributed by atoms with E-state index in [-0.39, 0.29) is 5.78 Å². The number of pyridine rings is 1. The number of ketones is 1. The molecule has 29 heavy (non-hydrogen) atoms. The Morgan fingerprint density at radius 2 is 1.76 bits per heavy atom. The fraction of sp³-hybridized carbons (Fsp3) is 0.174. The number of amides is 2. The van der Waals surface area contributed by atoms with Crippen LogP contribution in [0.1, 0.15) is 40.2 Å². The lowest BCUT2D eigenvalue weighted by molar-refractivity contribution is 0.103. The third kappa shape index (κ3) is 2.93. The molecule has 6 nitrogen and oxygen atoms in total. The number of urea groups is 1. The first kappa shape index (κ1) is 17.4. The lowest BCUT2D eigenvalue weighted by Gasteiger charge is -2.17. The maximum Gasteiger partial charge on any atom is 0.316 e. The quantitative estimate of drug-likeness (QED) is 0.459. The first-order valence-corrected chi connectivity index (χ1v) is 9.75. The fourth-order valence-corrected chi connectivity index (χ4v) is 4.25. The summed E-state index contributed by atoms with van der Waals surface area (Å²) in [4.78, 5) is 32.6. The van der Waals surface area contributed by atoms with Gasteiger partial charge in [0.25, 0.3) is 0 Å². The average molecular weight is 384 g/mol. The lowest BCUT2D eigenvalue weighted by atomic mass is 9.91. The highest BCUT2D eigenvalue weighted by Crippen LogP contribution is 2.35. The molecule has 144 valence electrons. The molecule has 4 N–H and O–H groups in total. The molecule has 0 saturated carbocycles. The third-order valence-electron chi connectivity index (χ3n) is 5.56. The van der Waals surface area contributed by atoms with Gasteiger partial charge < -0.3 is 16.0 Å². The summed E-state index contributed by atoms with van der Waals surface area (Å²) in [6, 6.07) is 14.2. The molecule has 0 aliphatic heterocycles. The molecule has 0 radical (unpaired) electrons. The number of benzene rings is 2. The molecule has 0 unspecified atom stereocenters. The number of rotatable bonds is 3. The van der Waals surface area contributed by atoms with Gasteiger partial charge in [-0.2, -0.15) is 0 Å². The van der Waals surface area contributed by atoms with Crippen LogP contribution in [-0.4, -0.2) is 21.8 Å². The zero-order chi connectivity index (χ0) is 20.0. The van der Waals surface area contributed by atoms with E-state index in [9.17, 15) is 9.59 Å². The number of nitrogens with two attached hydrogens (primary N) is 1. The molecule has 0 spiro atoms. The predicted octanol–water partition coefficient (Wildman–Crippen LogP) is 4.32. The van der Waals surface area contributed by atoms with Crippen LogP contribution >= 0.6 is 0 Å². The summed E-state index contributed by atoms with van der Waals surface area (Å²) in [6.45, 7) is 0. The zero-order valence-electron chi connectivity index (χ0n) is 15.8. The number of aromatic nitrogens is 2. The van der Waals surface area contributed by atoms with Crippen LogP contribution in [0, 0.1) is 0 Å². The Hall–Kier alpha value is -3.67. The molecule has 2 aromatic carbocycles. The molecule has 5 rings (SSSR count). The molecule has 2 heterocycles. The number of H-pyrrole nitrogens is 1. The van der Waals surface area contributed by atoms with Gasteiger partial charge >= 0.3 is 6.03 Å². The van der Waals surface area contributed by atoms with E-state index in [1.165, 1.54) is 5.56 Å². The van der Waals surface area contributed by atoms with Crippen molar-refractivity contribution >= 4 is 39.3 Å². The van der Waals surface area contributed by atoms with Crippen LogP contribution < -0.4 is 11.1 Å². The molecule has 0 bridgehead atoms. The Morgan fingerprint density at radius 3 is 2.55 bits per heavy atom. The Balaban J connectivity index is 1.68. The van der Waals surface area contributed by atoms with E-state index in [1.807, 2.05) is 18.2 Å². The minimum atomic E-state index is -0.639. The number of carbonyl (C=O) groups excluding carboxylic acids is 2. The number of nitrogens with one attached hydrogen (secondary N) is 2. The van der Waals surface area contributed by atoms with E-state index in [0.29, 0.717) is 16.9 Å². The molecule has 2 aromatic heterocycles. The van der Waals surface area contributed by atoms with Crippen molar-refractivity contribution in [3.63, 3.8) is 0 Å². The molecule has 2 amide bonds. The van der Waals surface area contributed by atoms with Gasteiger partial charge in [-0.3, -0.25) is 4.79 Å². The fourth-order valence-electron chi connectivity index (χ4n) is 4.25. The smallest absolute Gasteiger partial charge is 0.316 e. The number of nitrogens with zero attached hydrogens (tertiary/aromatic N) is 1. The number of aromatic amines is 1. The highest BCUT2D eigenvalue weighted by molar-refractivity contribution is 6.20. The van der Waals surface area contributed by atoms with Crippen molar-refractivity contribution in [2.24, 2.45) is 5.73 Å². The van der Waals surface area contributed by atoms with Crippen molar-refractivity contribution in [3.05, 3.63) is 71.0 Å². The van der Waals surface area contributed by atoms with Gasteiger partial charge in [0.1, 0.15) is 5.69 Å². The Morgan fingerprint density at radius 1 is 1.00 bits per heavy atom. The third-order valence-corrected chi connectivity index (χ3v) is 5.56. The van der Waals surface area contributed by atoms with Crippen molar-refractivity contribution in [2.75, 3.05) is 5.32 Å². The summed E-state index contributed by atoms with van der Waals surface area (Å²) in [7, 11) is 0. The summed E-state index contributed by atoms with van der Waals surface area (Å²) >= 11 is 0. The van der Waals surface area contributed by atoms with Crippen molar-refractivity contribution in [1.29, 1.82) is 0 Å². The van der Waals surface area contributed by atoms with E-state index >= 15 is 0 Å². The second-order valence-electron chi connectivity index (χ2n) is 7.41. The predicted molar refractivity (Wildman–Crippen MR) is 113 cm³/mol. The SMILES string of the molecule is NC(=O)Nc1ccc(C(=O)c2nc3c(c4c2[nH]c2ccccc24)CCCC3)cc1. The highest BCUT2D eigenvalue weighted by Gasteiger charge is 2.24. The van der Waals surface area contributed by atoms with Crippen LogP contribution in [-0.2, 0) is 12.8 Å². The van der Waals surface area contributed by atoms with Gasteiger partial charge in [-0.1, -0.05) is 18.2 Å². The topological polar surface area (TPSA) is 101 Å². The molecule has 6 heteroatoms. The van der Waals surface area contributed by atoms with Gasteiger partial charge in [0.05, 0.1) is 5.52 Å². The summed E-state index contributed by atoms with van der Waals surface area (Å²) < 4.78 is 0. The average Bonchev–Trinajstić information content (AvgIpc) is 3.13. The maximum atomic E-state index is 13.4. The second kappa shape index (κ2) is 6.74. The van der Waals surface area contributed by atoms with Gasteiger partial charge in [0.15, 0.2) is 0 Å². The zero-order valence-corrected chi connectivity index (χ0v) is 15.8. The van der Waals surface area contributed by atoms with Crippen molar-refractivity contribution in [1.82, 2.24) is 9.97 Å². The summed E-state index contributed by atoms with van der Waals surface area (Å²) in [6.07, 6.45) is 4.12. The molecule has 4 aromatic rings. The van der Waals surface area contributed by atoms with Crippen LogP contribution in [0.5, 0.6) is 0 Å². The van der Waals surface area contributed by atoms with Crippen LogP contribution in [0.15, 0.2) is 48.5 Å². The van der Waals surface area contributed by atoms with Crippen LogP contribution in [0.4, 0.5) is 10.5 Å². The van der Waals surface area contributed by atoms with Gasteiger partial charge in [0, 0.05) is 33.2 Å². The van der Waals surface area contributed by atoms with Gasteiger partial charge in [0.2, 0.25) is 5.78 Å². The summed E-state index contributed by atoms with van der Waals surface area (Å²) in [5.74, 6) is -0.138.